The summed E-state index contributed by atoms with van der Waals surface area (Å²) >= 11 is 0. The Bertz CT molecular complexity index is 470. The van der Waals surface area contributed by atoms with Gasteiger partial charge in [-0.25, -0.2) is 4.39 Å². The standard InChI is InChI=1S/C18H26FNO2/c1-20(16-9-4-2-3-5-10-16)18(21)12-7-13-22-17-11-6-8-15(19)14-17/h6,8,11,14,16H,2-5,7,9-10,12-13H2,1H3. The number of hydrogen-bond donors (Lipinski definition) is 0. The largest absolute Gasteiger partial charge is 0.493 e. The fourth-order valence-electron chi connectivity index (χ4n) is 3.00. The van der Waals surface area contributed by atoms with E-state index >= 15 is 0 Å². The number of halogens is 1. The summed E-state index contributed by atoms with van der Waals surface area (Å²) in [5.41, 5.74) is 0. The molecule has 0 radical (unpaired) electrons. The van der Waals surface area contributed by atoms with Gasteiger partial charge in [-0.15, -0.1) is 0 Å². The van der Waals surface area contributed by atoms with Gasteiger partial charge in [-0.1, -0.05) is 31.7 Å². The van der Waals surface area contributed by atoms with Crippen molar-refractivity contribution in [3.05, 3.63) is 30.1 Å². The van der Waals surface area contributed by atoms with Gasteiger partial charge in [0, 0.05) is 25.6 Å². The molecule has 0 unspecified atom stereocenters. The van der Waals surface area contributed by atoms with E-state index in [4.69, 9.17) is 4.74 Å². The van der Waals surface area contributed by atoms with Crippen molar-refractivity contribution in [2.75, 3.05) is 13.7 Å². The topological polar surface area (TPSA) is 29.5 Å². The van der Waals surface area contributed by atoms with Crippen LogP contribution >= 0.6 is 0 Å². The minimum Gasteiger partial charge on any atom is -0.493 e. The van der Waals surface area contributed by atoms with Crippen LogP contribution in [0.3, 0.4) is 0 Å². The Labute approximate surface area is 132 Å². The molecule has 1 aliphatic rings. The molecule has 1 aromatic carbocycles. The van der Waals surface area contributed by atoms with Gasteiger partial charge in [-0.05, 0) is 31.4 Å². The van der Waals surface area contributed by atoms with Crippen LogP contribution in [0.15, 0.2) is 24.3 Å². The van der Waals surface area contributed by atoms with Crippen LogP contribution in [-0.4, -0.2) is 30.5 Å². The summed E-state index contributed by atoms with van der Waals surface area (Å²) in [4.78, 5) is 14.2. The van der Waals surface area contributed by atoms with Crippen LogP contribution in [0.2, 0.25) is 0 Å². The second-order valence-electron chi connectivity index (χ2n) is 6.06. The highest BCUT2D eigenvalue weighted by atomic mass is 19.1. The molecule has 1 fully saturated rings. The minimum atomic E-state index is -0.304. The Hall–Kier alpha value is -1.58. The molecule has 1 aromatic rings. The first-order chi connectivity index (χ1) is 10.7. The Kier molecular flexibility index (Phi) is 6.69. The molecule has 122 valence electrons. The van der Waals surface area contributed by atoms with Gasteiger partial charge in [0.1, 0.15) is 11.6 Å². The van der Waals surface area contributed by atoms with E-state index < -0.39 is 0 Å². The van der Waals surface area contributed by atoms with Crippen molar-refractivity contribution in [2.24, 2.45) is 0 Å². The summed E-state index contributed by atoms with van der Waals surface area (Å²) in [5, 5.41) is 0. The molecule has 1 aliphatic carbocycles. The lowest BCUT2D eigenvalue weighted by Gasteiger charge is -2.27. The molecule has 0 spiro atoms. The van der Waals surface area contributed by atoms with Crippen molar-refractivity contribution < 1.29 is 13.9 Å². The summed E-state index contributed by atoms with van der Waals surface area (Å²) in [6.45, 7) is 0.438. The minimum absolute atomic E-state index is 0.190. The molecule has 0 aromatic heterocycles. The normalized spacial score (nSPS) is 16.1. The van der Waals surface area contributed by atoms with Gasteiger partial charge in [0.2, 0.25) is 5.91 Å². The molecule has 0 atom stereocenters. The summed E-state index contributed by atoms with van der Waals surface area (Å²) in [7, 11) is 1.92. The lowest BCUT2D eigenvalue weighted by Crippen LogP contribution is -2.36. The van der Waals surface area contributed by atoms with E-state index in [0.717, 1.165) is 12.8 Å². The quantitative estimate of drug-likeness (QED) is 0.583. The lowest BCUT2D eigenvalue weighted by molar-refractivity contribution is -0.132. The Morgan fingerprint density at radius 1 is 1.27 bits per heavy atom. The summed E-state index contributed by atoms with van der Waals surface area (Å²) in [6, 6.07) is 6.50. The zero-order valence-electron chi connectivity index (χ0n) is 13.4. The maximum absolute atomic E-state index is 13.0. The maximum Gasteiger partial charge on any atom is 0.222 e. The molecular weight excluding hydrogens is 281 g/mol. The fourth-order valence-corrected chi connectivity index (χ4v) is 3.00. The smallest absolute Gasteiger partial charge is 0.222 e. The first-order valence-electron chi connectivity index (χ1n) is 8.31. The van der Waals surface area contributed by atoms with Crippen LogP contribution in [0.1, 0.15) is 51.4 Å². The summed E-state index contributed by atoms with van der Waals surface area (Å²) in [5.74, 6) is 0.404. The average Bonchev–Trinajstić information content (AvgIpc) is 2.80. The van der Waals surface area contributed by atoms with Gasteiger partial charge in [-0.3, -0.25) is 4.79 Å². The Morgan fingerprint density at radius 3 is 2.68 bits per heavy atom. The third-order valence-corrected chi connectivity index (χ3v) is 4.37. The third kappa shape index (κ3) is 5.32. The number of benzene rings is 1. The van der Waals surface area contributed by atoms with Crippen molar-refractivity contribution in [3.8, 4) is 5.75 Å². The van der Waals surface area contributed by atoms with Gasteiger partial charge in [0.25, 0.3) is 0 Å². The first kappa shape index (κ1) is 16.8. The van der Waals surface area contributed by atoms with Gasteiger partial charge in [-0.2, -0.15) is 0 Å². The maximum atomic E-state index is 13.0. The highest BCUT2D eigenvalue weighted by molar-refractivity contribution is 5.76. The molecule has 0 heterocycles. The second kappa shape index (κ2) is 8.76. The van der Waals surface area contributed by atoms with Crippen LogP contribution in [-0.2, 0) is 4.79 Å². The highest BCUT2D eigenvalue weighted by Gasteiger charge is 2.20. The number of rotatable bonds is 6. The van der Waals surface area contributed by atoms with Crippen molar-refractivity contribution in [2.45, 2.75) is 57.4 Å². The fraction of sp³-hybridized carbons (Fsp3) is 0.611. The number of amides is 1. The van der Waals surface area contributed by atoms with Crippen LogP contribution in [0, 0.1) is 5.82 Å². The van der Waals surface area contributed by atoms with Crippen LogP contribution in [0.5, 0.6) is 5.75 Å². The molecule has 22 heavy (non-hydrogen) atoms. The zero-order valence-corrected chi connectivity index (χ0v) is 13.4. The summed E-state index contributed by atoms with van der Waals surface area (Å²) < 4.78 is 18.5. The molecule has 3 nitrogen and oxygen atoms in total. The Balaban J connectivity index is 1.68. The average molecular weight is 307 g/mol. The molecule has 0 aliphatic heterocycles. The number of hydrogen-bond acceptors (Lipinski definition) is 2. The SMILES string of the molecule is CN(C(=O)CCCOc1cccc(F)c1)C1CCCCCC1. The van der Waals surface area contributed by atoms with Crippen molar-refractivity contribution in [1.29, 1.82) is 0 Å². The summed E-state index contributed by atoms with van der Waals surface area (Å²) in [6.07, 6.45) is 8.44. The molecule has 4 heteroatoms. The third-order valence-electron chi connectivity index (χ3n) is 4.37. The van der Waals surface area contributed by atoms with Crippen LogP contribution < -0.4 is 4.74 Å². The lowest BCUT2D eigenvalue weighted by atomic mass is 10.1. The Morgan fingerprint density at radius 2 is 2.00 bits per heavy atom. The van der Waals surface area contributed by atoms with Gasteiger partial charge in [0.05, 0.1) is 6.61 Å². The van der Waals surface area contributed by atoms with E-state index in [-0.39, 0.29) is 11.7 Å². The van der Waals surface area contributed by atoms with E-state index in [1.54, 1.807) is 12.1 Å². The van der Waals surface area contributed by atoms with Crippen LogP contribution in [0.4, 0.5) is 4.39 Å². The molecule has 2 rings (SSSR count). The predicted octanol–water partition coefficient (Wildman–Crippen LogP) is 4.17. The molecule has 1 amide bonds. The zero-order chi connectivity index (χ0) is 15.8. The molecule has 1 saturated carbocycles. The number of ether oxygens (including phenoxy) is 1. The predicted molar refractivity (Wildman–Crippen MR) is 85.4 cm³/mol. The monoisotopic (exact) mass is 307 g/mol. The van der Waals surface area contributed by atoms with E-state index in [1.165, 1.54) is 37.8 Å². The van der Waals surface area contributed by atoms with Gasteiger partial charge in [0.15, 0.2) is 0 Å². The van der Waals surface area contributed by atoms with Crippen molar-refractivity contribution in [3.63, 3.8) is 0 Å². The highest BCUT2D eigenvalue weighted by Crippen LogP contribution is 2.21. The molecule has 0 bridgehead atoms. The van der Waals surface area contributed by atoms with E-state index in [0.29, 0.717) is 31.2 Å². The molecule has 0 N–H and O–H groups in total. The van der Waals surface area contributed by atoms with Gasteiger partial charge >= 0.3 is 0 Å². The molecular formula is C18H26FNO2. The van der Waals surface area contributed by atoms with Crippen molar-refractivity contribution >= 4 is 5.91 Å². The first-order valence-corrected chi connectivity index (χ1v) is 8.31. The van der Waals surface area contributed by atoms with E-state index in [2.05, 4.69) is 0 Å². The van der Waals surface area contributed by atoms with Gasteiger partial charge < -0.3 is 9.64 Å². The number of nitrogens with zero attached hydrogens (tertiary/aromatic N) is 1. The number of carbonyl (C=O) groups is 1. The van der Waals surface area contributed by atoms with E-state index in [1.807, 2.05) is 11.9 Å². The van der Waals surface area contributed by atoms with Crippen LogP contribution in [0.25, 0.3) is 0 Å². The van der Waals surface area contributed by atoms with E-state index in [9.17, 15) is 9.18 Å². The molecule has 0 saturated heterocycles. The second-order valence-corrected chi connectivity index (χ2v) is 6.06. The van der Waals surface area contributed by atoms with Crippen molar-refractivity contribution in [1.82, 2.24) is 4.90 Å². The number of carbonyl (C=O) groups excluding carboxylic acids is 1.